The number of nitrogens with one attached hydrogen (secondary N) is 1. The molecular weight excluding hydrogens is 1720 g/mol. The van der Waals surface area contributed by atoms with Crippen LogP contribution in [0.15, 0.2) is 153 Å². The molecule has 0 saturated carbocycles. The minimum atomic E-state index is 0. The Balaban J connectivity index is 0.000000343. The van der Waals surface area contributed by atoms with Gasteiger partial charge in [0.1, 0.15) is 10.3 Å². The summed E-state index contributed by atoms with van der Waals surface area (Å²) in [7, 11) is 0. The molecule has 6 aromatic carbocycles. The molecule has 574 valence electrons. The molecule has 104 heavy (non-hydrogen) atoms. The Morgan fingerprint density at radius 2 is 0.692 bits per heavy atom. The molecule has 4 aromatic heterocycles. The third-order valence-electron chi connectivity index (χ3n) is 18.0. The van der Waals surface area contributed by atoms with Crippen LogP contribution in [0.4, 0.5) is 0 Å². The van der Waals surface area contributed by atoms with Crippen LogP contribution < -0.4 is 43.1 Å². The summed E-state index contributed by atoms with van der Waals surface area (Å²) >= 11 is 55.2. The number of unbranched alkanes of at least 4 members (excludes halogenated alkanes) is 24. The highest BCUT2D eigenvalue weighted by molar-refractivity contribution is 9.09. The summed E-state index contributed by atoms with van der Waals surface area (Å²) in [4.78, 5) is 10.1. The Labute approximate surface area is 702 Å². The minimum absolute atomic E-state index is 0. The summed E-state index contributed by atoms with van der Waals surface area (Å²) < 4.78 is 10.2. The second-order valence-corrected chi connectivity index (χ2v) is 30.8. The molecular formula is C84H114Br4Cl8N8. The molecule has 1 N–H and O–H groups in total. The van der Waals surface area contributed by atoms with Gasteiger partial charge >= 0.3 is 0 Å². The van der Waals surface area contributed by atoms with E-state index in [1.807, 2.05) is 4.57 Å². The molecule has 0 aliphatic carbocycles. The molecule has 0 saturated heterocycles. The van der Waals surface area contributed by atoms with Crippen molar-refractivity contribution in [2.45, 2.75) is 259 Å². The molecule has 0 spiro atoms. The van der Waals surface area contributed by atoms with E-state index in [1.54, 1.807) is 6.33 Å². The Morgan fingerprint density at radius 3 is 1.01 bits per heavy atom. The number of benzene rings is 6. The van der Waals surface area contributed by atoms with E-state index in [-0.39, 0.29) is 34.0 Å². The number of fused-ring (bicyclic) bond motifs is 3. The van der Waals surface area contributed by atoms with Gasteiger partial charge in [0.2, 0.25) is 12.7 Å². The number of halogens is 12. The third-order valence-corrected chi connectivity index (χ3v) is 22.2. The van der Waals surface area contributed by atoms with Crippen LogP contribution in [-0.4, -0.2) is 39.3 Å². The molecule has 0 amide bonds. The fourth-order valence-corrected chi connectivity index (χ4v) is 14.3. The van der Waals surface area contributed by atoms with Gasteiger partial charge in [0.05, 0.1) is 38.8 Å². The van der Waals surface area contributed by atoms with E-state index < -0.39 is 0 Å². The van der Waals surface area contributed by atoms with Gasteiger partial charge in [-0.05, 0) is 140 Å². The fourth-order valence-electron chi connectivity index (χ4n) is 12.0. The molecule has 8 nitrogen and oxygen atoms in total. The molecule has 0 atom stereocenters. The van der Waals surface area contributed by atoms with Gasteiger partial charge in [0.15, 0.2) is 10.3 Å². The first-order chi connectivity index (χ1) is 49.7. The Kier molecular flexibility index (Phi) is 54.2. The van der Waals surface area contributed by atoms with Gasteiger partial charge in [0, 0.05) is 30.0 Å². The van der Waals surface area contributed by atoms with Gasteiger partial charge in [-0.3, -0.25) is 0 Å². The van der Waals surface area contributed by atoms with Crippen molar-refractivity contribution in [1.29, 1.82) is 0 Å². The van der Waals surface area contributed by atoms with Gasteiger partial charge in [-0.1, -0.05) is 375 Å². The monoisotopic (exact) mass is 1830 g/mol. The van der Waals surface area contributed by atoms with E-state index in [1.165, 1.54) is 221 Å². The van der Waals surface area contributed by atoms with Crippen LogP contribution in [0.1, 0.15) is 224 Å². The predicted molar refractivity (Wildman–Crippen MR) is 453 cm³/mol. The van der Waals surface area contributed by atoms with Crippen LogP contribution in [0, 0.1) is 0 Å². The quantitative estimate of drug-likeness (QED) is 0.0237. The smallest absolute Gasteiger partial charge is 0.255 e. The number of aromatic amines is 1. The summed E-state index contributed by atoms with van der Waals surface area (Å²) in [6.45, 7) is 13.5. The lowest BCUT2D eigenvalue weighted by atomic mass is 10.1. The van der Waals surface area contributed by atoms with Crippen LogP contribution in [-0.2, 0) is 52.0 Å². The Hall–Kier alpha value is -2.82. The lowest BCUT2D eigenvalue weighted by Crippen LogP contribution is -3.00. The second-order valence-electron chi connectivity index (χ2n) is 26.4. The summed E-state index contributed by atoms with van der Waals surface area (Å²) in [6, 6.07) is 45.4. The first-order valence-corrected chi connectivity index (χ1v) is 43.1. The van der Waals surface area contributed by atoms with E-state index >= 15 is 0 Å². The molecule has 0 radical (unpaired) electrons. The van der Waals surface area contributed by atoms with Crippen molar-refractivity contribution >= 4 is 157 Å². The van der Waals surface area contributed by atoms with Crippen molar-refractivity contribution in [3.8, 4) is 0 Å². The zero-order valence-corrected chi connectivity index (χ0v) is 74.4. The Morgan fingerprint density at radius 1 is 0.346 bits per heavy atom. The summed E-state index contributed by atoms with van der Waals surface area (Å²) in [6.07, 6.45) is 47.5. The zero-order chi connectivity index (χ0) is 73.4. The molecule has 0 aliphatic heterocycles. The average molecular weight is 1840 g/mol. The summed E-state index contributed by atoms with van der Waals surface area (Å²) in [5.41, 5.74) is 4.03. The number of alkyl halides is 2. The first kappa shape index (κ1) is 95.4. The van der Waals surface area contributed by atoms with Crippen molar-refractivity contribution < 1.29 is 43.1 Å². The number of H-pyrrole nitrogens is 1. The lowest BCUT2D eigenvalue weighted by molar-refractivity contribution is -0.694. The van der Waals surface area contributed by atoms with E-state index in [9.17, 15) is 0 Å². The molecule has 10 rings (SSSR count). The average Bonchev–Trinajstić information content (AvgIpc) is 1.63. The number of rotatable bonds is 39. The van der Waals surface area contributed by atoms with E-state index in [0.29, 0.717) is 41.2 Å². The normalized spacial score (nSPS) is 10.8. The topological polar surface area (TPSA) is 64.1 Å². The highest BCUT2D eigenvalue weighted by Gasteiger charge is 2.21. The molecule has 20 heteroatoms. The van der Waals surface area contributed by atoms with Crippen molar-refractivity contribution in [3.63, 3.8) is 0 Å². The summed E-state index contributed by atoms with van der Waals surface area (Å²) in [5.74, 6) is 0. The lowest BCUT2D eigenvalue weighted by Gasteiger charge is -2.03. The zero-order valence-electron chi connectivity index (χ0n) is 62.0. The van der Waals surface area contributed by atoms with Crippen LogP contribution in [0.25, 0.3) is 32.3 Å². The van der Waals surface area contributed by atoms with Crippen molar-refractivity contribution in [3.05, 3.63) is 211 Å². The number of nitrogens with zero attached hydrogens (tertiary/aromatic N) is 7. The fraction of sp³-hybridized carbons (Fsp3) is 0.500. The van der Waals surface area contributed by atoms with Crippen molar-refractivity contribution in [2.24, 2.45) is 0 Å². The van der Waals surface area contributed by atoms with Crippen LogP contribution in [0.2, 0.25) is 41.2 Å². The Bertz CT molecular complexity index is 3660. The standard InChI is InChI=1S/2C24H31Cl2N2.C12H11Br.C12H20Cl2N2.C9H19Br.C3H2Cl2N2.2BrH/c2*1-2-3-4-5-6-7-10-16-27-19-28(24(26)23(27)25)17-15-20-13-14-21-11-8-9-12-22(21)18-20;13-8-7-10-5-6-11-3-1-2-4-12(11)9-10;1-2-3-4-5-6-7-8-9-16-10-15-11(13)12(16)14;1-2-3-4-5-6-7-8-9-10;4-2-3(5)7-1-6-2;;/h2*8-9,11-14,18-19H,2-7,10,15-17H2,1H3;1-6,9H,7-8H2;10H,2-9H2,1H3;2-9H2,1H3;1H,(H,6,7);2*1H/q2*+1;;;;;;/p-2. The molecule has 0 bridgehead atoms. The molecule has 0 fully saturated rings. The largest absolute Gasteiger partial charge is 1.00 e. The van der Waals surface area contributed by atoms with E-state index in [2.05, 4.69) is 233 Å². The van der Waals surface area contributed by atoms with Gasteiger partial charge in [-0.25, -0.2) is 28.2 Å². The van der Waals surface area contributed by atoms with Crippen LogP contribution in [0.5, 0.6) is 0 Å². The number of aryl methyl sites for hydroxylation is 8. The van der Waals surface area contributed by atoms with Crippen LogP contribution in [0.3, 0.4) is 0 Å². The van der Waals surface area contributed by atoms with Crippen molar-refractivity contribution in [2.75, 3.05) is 10.7 Å². The highest BCUT2D eigenvalue weighted by Crippen LogP contribution is 2.26. The molecule has 4 heterocycles. The molecule has 10 aromatic rings. The van der Waals surface area contributed by atoms with Gasteiger partial charge in [-0.2, -0.15) is 0 Å². The maximum Gasteiger partial charge on any atom is 0.255 e. The van der Waals surface area contributed by atoms with Crippen molar-refractivity contribution in [1.82, 2.24) is 28.7 Å². The van der Waals surface area contributed by atoms with Gasteiger partial charge in [-0.15, -0.1) is 0 Å². The number of imidazole rings is 4. The molecule has 0 aliphatic rings. The van der Waals surface area contributed by atoms with E-state index in [0.717, 1.165) is 76.6 Å². The van der Waals surface area contributed by atoms with Gasteiger partial charge < -0.3 is 43.5 Å². The third kappa shape index (κ3) is 37.7. The maximum absolute atomic E-state index is 6.48. The number of hydrogen-bond donors (Lipinski definition) is 1. The van der Waals surface area contributed by atoms with E-state index in [4.69, 9.17) is 92.8 Å². The number of hydrogen-bond acceptors (Lipinski definition) is 2. The highest BCUT2D eigenvalue weighted by atomic mass is 79.9. The summed E-state index contributed by atoms with van der Waals surface area (Å²) in [5, 5.41) is 14.3. The van der Waals surface area contributed by atoms with Gasteiger partial charge in [0.25, 0.3) is 20.6 Å². The predicted octanol–water partition coefficient (Wildman–Crippen LogP) is 23.0. The first-order valence-electron chi connectivity index (χ1n) is 37.9. The maximum atomic E-state index is 6.48. The molecule has 0 unspecified atom stereocenters. The van der Waals surface area contributed by atoms with Crippen LogP contribution >= 0.6 is 125 Å². The second kappa shape index (κ2) is 59.1. The minimum Gasteiger partial charge on any atom is -1.00 e. The SMILES string of the molecule is BrCCc1ccc2ccccc2c1.CCCCCCCCCBr.CCCCCCCCC[n+]1cn(CCc2ccc3ccccc3c2)c(Cl)c1Cl.CCCCCCCCC[n+]1cn(CCc2ccc3ccccc3c2)c(Cl)c1Cl.CCCCCCCCCn1cnc(Cl)c1Cl.Clc1nc[nH]c1Cl.[Br-].[Br-]. The number of aromatic nitrogens is 8.